The molecule has 2 rings (SSSR count). The van der Waals surface area contributed by atoms with E-state index in [0.29, 0.717) is 17.1 Å². The molecule has 1 N–H and O–H groups in total. The van der Waals surface area contributed by atoms with Gasteiger partial charge in [-0.15, -0.1) is 0 Å². The molecule has 1 aromatic carbocycles. The van der Waals surface area contributed by atoms with E-state index in [1.807, 2.05) is 12.1 Å². The molecule has 0 amide bonds. The second kappa shape index (κ2) is 5.85. The van der Waals surface area contributed by atoms with Crippen molar-refractivity contribution in [2.24, 2.45) is 0 Å². The molecule has 0 aliphatic rings. The fourth-order valence-electron chi connectivity index (χ4n) is 1.48. The molecule has 0 fully saturated rings. The Morgan fingerprint density at radius 2 is 2.17 bits per heavy atom. The fourth-order valence-corrected chi connectivity index (χ4v) is 2.05. The normalized spacial score (nSPS) is 9.83. The number of hydrogen-bond donors (Lipinski definition) is 1. The number of halogens is 2. The van der Waals surface area contributed by atoms with E-state index < -0.39 is 0 Å². The van der Waals surface area contributed by atoms with Crippen molar-refractivity contribution in [3.63, 3.8) is 0 Å². The minimum absolute atomic E-state index is 0.465. The highest BCUT2D eigenvalue weighted by atomic mass is 79.9. The van der Waals surface area contributed by atoms with Crippen molar-refractivity contribution in [3.8, 4) is 6.07 Å². The van der Waals surface area contributed by atoms with Crippen molar-refractivity contribution >= 4 is 33.2 Å². The molecular formula is C13H9BrClN3. The highest BCUT2D eigenvalue weighted by Gasteiger charge is 2.01. The van der Waals surface area contributed by atoms with Gasteiger partial charge in [0.15, 0.2) is 0 Å². The van der Waals surface area contributed by atoms with Crippen LogP contribution in [0, 0.1) is 11.3 Å². The Hall–Kier alpha value is -1.57. The highest BCUT2D eigenvalue weighted by Crippen LogP contribution is 2.20. The smallest absolute Gasteiger partial charge is 0.101 e. The Bertz CT molecular complexity index is 607. The van der Waals surface area contributed by atoms with Gasteiger partial charge in [0.2, 0.25) is 0 Å². The predicted molar refractivity (Wildman–Crippen MR) is 75.4 cm³/mol. The number of nitrogens with one attached hydrogen (secondary N) is 1. The van der Waals surface area contributed by atoms with Gasteiger partial charge in [0, 0.05) is 29.1 Å². The van der Waals surface area contributed by atoms with Crippen LogP contribution in [0.5, 0.6) is 0 Å². The minimum atomic E-state index is 0.465. The van der Waals surface area contributed by atoms with Crippen LogP contribution in [-0.4, -0.2) is 4.98 Å². The first-order valence-electron chi connectivity index (χ1n) is 5.22. The van der Waals surface area contributed by atoms with E-state index in [-0.39, 0.29) is 0 Å². The molecule has 3 nitrogen and oxygen atoms in total. The fraction of sp³-hybridized carbons (Fsp3) is 0.0769. The molecule has 1 heterocycles. The van der Waals surface area contributed by atoms with Gasteiger partial charge in [-0.05, 0) is 45.8 Å². The summed E-state index contributed by atoms with van der Waals surface area (Å²) in [6.45, 7) is 0.638. The second-order valence-corrected chi connectivity index (χ2v) is 4.99. The van der Waals surface area contributed by atoms with Crippen molar-refractivity contribution in [1.29, 1.82) is 5.26 Å². The molecule has 0 saturated carbocycles. The van der Waals surface area contributed by atoms with E-state index in [4.69, 9.17) is 16.9 Å². The number of nitriles is 1. The zero-order valence-corrected chi connectivity index (χ0v) is 11.7. The van der Waals surface area contributed by atoms with Crippen LogP contribution in [0.3, 0.4) is 0 Å². The number of nitrogens with zero attached hydrogens (tertiary/aromatic N) is 2. The minimum Gasteiger partial charge on any atom is -0.381 e. The van der Waals surface area contributed by atoms with Gasteiger partial charge in [0.25, 0.3) is 0 Å². The topological polar surface area (TPSA) is 48.7 Å². The molecule has 2 aromatic rings. The van der Waals surface area contributed by atoms with Gasteiger partial charge in [-0.25, -0.2) is 0 Å². The summed E-state index contributed by atoms with van der Waals surface area (Å²) in [6, 6.07) is 9.32. The average molecular weight is 323 g/mol. The lowest BCUT2D eigenvalue weighted by molar-refractivity contribution is 1.11. The summed E-state index contributed by atoms with van der Waals surface area (Å²) in [4.78, 5) is 4.08. The summed E-state index contributed by atoms with van der Waals surface area (Å²) in [7, 11) is 0. The third-order valence-electron chi connectivity index (χ3n) is 2.34. The number of benzene rings is 1. The van der Waals surface area contributed by atoms with Crippen molar-refractivity contribution in [2.45, 2.75) is 6.54 Å². The zero-order valence-electron chi connectivity index (χ0n) is 9.32. The molecular weight excluding hydrogens is 314 g/mol. The largest absolute Gasteiger partial charge is 0.381 e. The first-order chi connectivity index (χ1) is 8.69. The monoisotopic (exact) mass is 321 g/mol. The first kappa shape index (κ1) is 12.9. The quantitative estimate of drug-likeness (QED) is 0.930. The van der Waals surface area contributed by atoms with Gasteiger partial charge in [-0.1, -0.05) is 11.6 Å². The van der Waals surface area contributed by atoms with Gasteiger partial charge in [0.1, 0.15) is 6.07 Å². The lowest BCUT2D eigenvalue weighted by Gasteiger charge is -2.07. The second-order valence-electron chi connectivity index (χ2n) is 3.67. The highest BCUT2D eigenvalue weighted by molar-refractivity contribution is 9.10. The molecule has 90 valence electrons. The van der Waals surface area contributed by atoms with Crippen molar-refractivity contribution in [1.82, 2.24) is 4.98 Å². The Balaban J connectivity index is 2.09. The van der Waals surface area contributed by atoms with E-state index >= 15 is 0 Å². The lowest BCUT2D eigenvalue weighted by atomic mass is 10.2. The molecule has 0 radical (unpaired) electrons. The third kappa shape index (κ3) is 3.22. The maximum Gasteiger partial charge on any atom is 0.101 e. The van der Waals surface area contributed by atoms with E-state index in [0.717, 1.165) is 15.7 Å². The van der Waals surface area contributed by atoms with Crippen LogP contribution in [0.2, 0.25) is 5.02 Å². The van der Waals surface area contributed by atoms with Crippen molar-refractivity contribution in [2.75, 3.05) is 5.32 Å². The van der Waals surface area contributed by atoms with Crippen LogP contribution in [-0.2, 0) is 6.54 Å². The maximum atomic E-state index is 8.89. The van der Waals surface area contributed by atoms with Crippen LogP contribution in [0.25, 0.3) is 0 Å². The molecule has 18 heavy (non-hydrogen) atoms. The molecule has 0 saturated heterocycles. The molecule has 5 heteroatoms. The predicted octanol–water partition coefficient (Wildman–Crippen LogP) is 3.98. The zero-order chi connectivity index (χ0) is 13.0. The Labute approximate surface area is 119 Å². The van der Waals surface area contributed by atoms with Crippen LogP contribution in [0.1, 0.15) is 11.1 Å². The number of anilines is 1. The summed E-state index contributed by atoms with van der Waals surface area (Å²) in [5.41, 5.74) is 2.38. The molecule has 0 spiro atoms. The SMILES string of the molecule is N#Cc1cc(NCc2cncc(Br)c2)ccc1Cl. The van der Waals surface area contributed by atoms with Crippen LogP contribution >= 0.6 is 27.5 Å². The van der Waals surface area contributed by atoms with Crippen LogP contribution in [0.4, 0.5) is 5.69 Å². The maximum absolute atomic E-state index is 8.89. The summed E-state index contributed by atoms with van der Waals surface area (Å²) in [6.07, 6.45) is 3.53. The standard InChI is InChI=1S/C13H9BrClN3/c14-11-3-9(6-17-8-11)7-18-12-1-2-13(15)10(4-12)5-16/h1-4,6,8,18H,7H2. The number of hydrogen-bond acceptors (Lipinski definition) is 3. The Morgan fingerprint density at radius 3 is 2.89 bits per heavy atom. The molecule has 0 aliphatic heterocycles. The van der Waals surface area contributed by atoms with E-state index in [1.165, 1.54) is 0 Å². The van der Waals surface area contributed by atoms with Gasteiger partial charge in [0.05, 0.1) is 10.6 Å². The molecule has 0 atom stereocenters. The Kier molecular flexibility index (Phi) is 4.19. The first-order valence-corrected chi connectivity index (χ1v) is 6.39. The van der Waals surface area contributed by atoms with Gasteiger partial charge in [-0.3, -0.25) is 4.98 Å². The third-order valence-corrected chi connectivity index (χ3v) is 3.11. The summed E-state index contributed by atoms with van der Waals surface area (Å²) >= 11 is 9.24. The van der Waals surface area contributed by atoms with Crippen LogP contribution in [0.15, 0.2) is 41.1 Å². The van der Waals surface area contributed by atoms with Gasteiger partial charge < -0.3 is 5.32 Å². The Morgan fingerprint density at radius 1 is 1.33 bits per heavy atom. The summed E-state index contributed by atoms with van der Waals surface area (Å²) in [5, 5.41) is 12.6. The summed E-state index contributed by atoms with van der Waals surface area (Å²) < 4.78 is 0.940. The van der Waals surface area contributed by atoms with E-state index in [2.05, 4.69) is 32.3 Å². The molecule has 1 aromatic heterocycles. The molecule has 0 unspecified atom stereocenters. The van der Waals surface area contributed by atoms with E-state index in [9.17, 15) is 0 Å². The number of pyridine rings is 1. The van der Waals surface area contributed by atoms with Gasteiger partial charge >= 0.3 is 0 Å². The lowest BCUT2D eigenvalue weighted by Crippen LogP contribution is -2.00. The number of rotatable bonds is 3. The number of aromatic nitrogens is 1. The van der Waals surface area contributed by atoms with E-state index in [1.54, 1.807) is 24.5 Å². The summed E-state index contributed by atoms with van der Waals surface area (Å²) in [5.74, 6) is 0. The molecule has 0 bridgehead atoms. The van der Waals surface area contributed by atoms with Crippen molar-refractivity contribution < 1.29 is 0 Å². The van der Waals surface area contributed by atoms with Gasteiger partial charge in [-0.2, -0.15) is 5.26 Å². The average Bonchev–Trinajstić information content (AvgIpc) is 2.38. The van der Waals surface area contributed by atoms with Crippen molar-refractivity contribution in [3.05, 3.63) is 57.3 Å². The van der Waals surface area contributed by atoms with Crippen LogP contribution < -0.4 is 5.32 Å². The molecule has 0 aliphatic carbocycles.